The lowest BCUT2D eigenvalue weighted by atomic mass is 10.1. The zero-order valence-electron chi connectivity index (χ0n) is 7.95. The Morgan fingerprint density at radius 3 is 2.57 bits per heavy atom. The summed E-state index contributed by atoms with van der Waals surface area (Å²) < 4.78 is 5.15. The van der Waals surface area contributed by atoms with Gasteiger partial charge in [-0.05, 0) is 12.8 Å². The van der Waals surface area contributed by atoms with Gasteiger partial charge < -0.3 is 4.74 Å². The van der Waals surface area contributed by atoms with Gasteiger partial charge in [-0.25, -0.2) is 5.01 Å². The zero-order chi connectivity index (χ0) is 10.0. The molecular formula is C9H13N3O2. The van der Waals surface area contributed by atoms with Gasteiger partial charge in [0.25, 0.3) is 5.91 Å². The average Bonchev–Trinajstić information content (AvgIpc) is 3.00. The second kappa shape index (κ2) is 3.56. The highest BCUT2D eigenvalue weighted by molar-refractivity contribution is 5.87. The topological polar surface area (TPSA) is 65.4 Å². The first kappa shape index (κ1) is 9.44. The first-order valence-corrected chi connectivity index (χ1v) is 4.82. The second-order valence-corrected chi connectivity index (χ2v) is 3.73. The minimum absolute atomic E-state index is 0.151. The number of nitrogens with one attached hydrogen (secondary N) is 1. The quantitative estimate of drug-likeness (QED) is 0.654. The van der Waals surface area contributed by atoms with Crippen LogP contribution in [0.5, 0.6) is 0 Å². The van der Waals surface area contributed by atoms with Crippen LogP contribution in [-0.4, -0.2) is 37.2 Å². The lowest BCUT2D eigenvalue weighted by Crippen LogP contribution is -2.50. The highest BCUT2D eigenvalue weighted by atomic mass is 16.5. The van der Waals surface area contributed by atoms with E-state index in [2.05, 4.69) is 11.5 Å². The Morgan fingerprint density at radius 2 is 2.07 bits per heavy atom. The van der Waals surface area contributed by atoms with Gasteiger partial charge in [-0.15, -0.1) is 0 Å². The fourth-order valence-corrected chi connectivity index (χ4v) is 1.44. The highest BCUT2D eigenvalue weighted by Crippen LogP contribution is 2.44. The molecule has 2 fully saturated rings. The largest absolute Gasteiger partial charge is 0.379 e. The summed E-state index contributed by atoms with van der Waals surface area (Å²) in [5.74, 6) is -0.151. The molecule has 0 unspecified atom stereocenters. The lowest BCUT2D eigenvalue weighted by Gasteiger charge is -2.27. The number of nitriles is 1. The molecule has 0 atom stereocenters. The Balaban J connectivity index is 1.85. The van der Waals surface area contributed by atoms with Crippen LogP contribution in [0, 0.1) is 16.7 Å². The molecule has 0 bridgehead atoms. The van der Waals surface area contributed by atoms with Gasteiger partial charge in [0.2, 0.25) is 0 Å². The SMILES string of the molecule is N#CC1(C(=O)NN2CCOCC2)CC1. The monoisotopic (exact) mass is 195 g/mol. The Kier molecular flexibility index (Phi) is 2.40. The normalized spacial score (nSPS) is 25.1. The molecule has 0 aromatic carbocycles. The van der Waals surface area contributed by atoms with Crippen molar-refractivity contribution in [3.8, 4) is 6.07 Å². The Hall–Kier alpha value is -1.12. The van der Waals surface area contributed by atoms with E-state index in [1.54, 1.807) is 0 Å². The minimum atomic E-state index is -0.724. The van der Waals surface area contributed by atoms with Gasteiger partial charge in [0.05, 0.1) is 19.3 Å². The molecule has 5 nitrogen and oxygen atoms in total. The number of rotatable bonds is 2. The molecule has 1 aliphatic carbocycles. The minimum Gasteiger partial charge on any atom is -0.379 e. The van der Waals surface area contributed by atoms with Gasteiger partial charge >= 0.3 is 0 Å². The molecule has 0 aromatic rings. The number of hydrogen-bond acceptors (Lipinski definition) is 4. The molecule has 76 valence electrons. The number of hydrogen-bond donors (Lipinski definition) is 1. The molecule has 2 rings (SSSR count). The highest BCUT2D eigenvalue weighted by Gasteiger charge is 2.51. The van der Waals surface area contributed by atoms with Crippen molar-refractivity contribution in [2.45, 2.75) is 12.8 Å². The zero-order valence-corrected chi connectivity index (χ0v) is 7.95. The number of hydrazine groups is 1. The van der Waals surface area contributed by atoms with Crippen LogP contribution < -0.4 is 5.43 Å². The summed E-state index contributed by atoms with van der Waals surface area (Å²) in [4.78, 5) is 11.6. The van der Waals surface area contributed by atoms with E-state index in [0.717, 1.165) is 0 Å². The molecule has 14 heavy (non-hydrogen) atoms. The molecule has 1 aliphatic heterocycles. The Morgan fingerprint density at radius 1 is 1.43 bits per heavy atom. The number of ether oxygens (including phenoxy) is 1. The van der Waals surface area contributed by atoms with Crippen molar-refractivity contribution in [1.29, 1.82) is 5.26 Å². The average molecular weight is 195 g/mol. The number of carbonyl (C=O) groups is 1. The molecule has 1 N–H and O–H groups in total. The van der Waals surface area contributed by atoms with Crippen LogP contribution >= 0.6 is 0 Å². The van der Waals surface area contributed by atoms with Crippen molar-refractivity contribution < 1.29 is 9.53 Å². The third-order valence-corrected chi connectivity index (χ3v) is 2.67. The van der Waals surface area contributed by atoms with Crippen molar-refractivity contribution in [2.24, 2.45) is 5.41 Å². The predicted octanol–water partition coefficient (Wildman–Crippen LogP) is -0.346. The maximum Gasteiger partial charge on any atom is 0.254 e. The van der Waals surface area contributed by atoms with Crippen LogP contribution in [0.2, 0.25) is 0 Å². The molecule has 1 saturated heterocycles. The number of nitrogens with zero attached hydrogens (tertiary/aromatic N) is 2. The van der Waals surface area contributed by atoms with E-state index < -0.39 is 5.41 Å². The van der Waals surface area contributed by atoms with Crippen molar-refractivity contribution >= 4 is 5.91 Å². The van der Waals surface area contributed by atoms with Crippen LogP contribution in [0.4, 0.5) is 0 Å². The van der Waals surface area contributed by atoms with E-state index in [1.165, 1.54) is 0 Å². The van der Waals surface area contributed by atoms with E-state index >= 15 is 0 Å². The molecule has 1 heterocycles. The van der Waals surface area contributed by atoms with Crippen LogP contribution in [0.3, 0.4) is 0 Å². The summed E-state index contributed by atoms with van der Waals surface area (Å²) in [5, 5.41) is 10.6. The number of carbonyl (C=O) groups excluding carboxylic acids is 1. The summed E-state index contributed by atoms with van der Waals surface area (Å²) in [6, 6.07) is 2.07. The fraction of sp³-hybridized carbons (Fsp3) is 0.778. The molecule has 1 saturated carbocycles. The fourth-order valence-electron chi connectivity index (χ4n) is 1.44. The van der Waals surface area contributed by atoms with Crippen LogP contribution in [-0.2, 0) is 9.53 Å². The third-order valence-electron chi connectivity index (χ3n) is 2.67. The first-order valence-electron chi connectivity index (χ1n) is 4.82. The lowest BCUT2D eigenvalue weighted by molar-refractivity contribution is -0.131. The molecule has 0 spiro atoms. The van der Waals surface area contributed by atoms with Crippen molar-refractivity contribution in [1.82, 2.24) is 10.4 Å². The van der Waals surface area contributed by atoms with Gasteiger partial charge in [-0.3, -0.25) is 10.2 Å². The molecule has 0 aromatic heterocycles. The third kappa shape index (κ3) is 1.72. The van der Waals surface area contributed by atoms with Crippen molar-refractivity contribution in [3.05, 3.63) is 0 Å². The maximum absolute atomic E-state index is 11.6. The van der Waals surface area contributed by atoms with Crippen molar-refractivity contribution in [2.75, 3.05) is 26.3 Å². The van der Waals surface area contributed by atoms with E-state index in [9.17, 15) is 4.79 Å². The molecule has 5 heteroatoms. The molecular weight excluding hydrogens is 182 g/mol. The van der Waals surface area contributed by atoms with Gasteiger partial charge in [0.1, 0.15) is 5.41 Å². The van der Waals surface area contributed by atoms with Crippen LogP contribution in [0.1, 0.15) is 12.8 Å². The molecule has 0 radical (unpaired) electrons. The summed E-state index contributed by atoms with van der Waals surface area (Å²) >= 11 is 0. The van der Waals surface area contributed by atoms with Gasteiger partial charge in [0.15, 0.2) is 0 Å². The summed E-state index contributed by atoms with van der Waals surface area (Å²) in [6.07, 6.45) is 1.39. The summed E-state index contributed by atoms with van der Waals surface area (Å²) in [6.45, 7) is 2.68. The smallest absolute Gasteiger partial charge is 0.254 e. The maximum atomic E-state index is 11.6. The van der Waals surface area contributed by atoms with Gasteiger partial charge in [-0.2, -0.15) is 5.26 Å². The van der Waals surface area contributed by atoms with Gasteiger partial charge in [0, 0.05) is 13.1 Å². The van der Waals surface area contributed by atoms with E-state index in [4.69, 9.17) is 10.00 Å². The van der Waals surface area contributed by atoms with E-state index in [1.807, 2.05) is 5.01 Å². The molecule has 1 amide bonds. The number of morpholine rings is 1. The number of amides is 1. The van der Waals surface area contributed by atoms with Gasteiger partial charge in [-0.1, -0.05) is 0 Å². The summed E-state index contributed by atoms with van der Waals surface area (Å²) in [7, 11) is 0. The Labute approximate surface area is 82.6 Å². The molecule has 2 aliphatic rings. The van der Waals surface area contributed by atoms with E-state index in [-0.39, 0.29) is 5.91 Å². The first-order chi connectivity index (χ1) is 6.77. The van der Waals surface area contributed by atoms with Crippen LogP contribution in [0.15, 0.2) is 0 Å². The second-order valence-electron chi connectivity index (χ2n) is 3.73. The standard InChI is InChI=1S/C9H13N3O2/c10-7-9(1-2-9)8(13)11-12-3-5-14-6-4-12/h1-6H2,(H,11,13). The Bertz CT molecular complexity index is 274. The van der Waals surface area contributed by atoms with Crippen LogP contribution in [0.25, 0.3) is 0 Å². The van der Waals surface area contributed by atoms with E-state index in [0.29, 0.717) is 39.1 Å². The van der Waals surface area contributed by atoms with Crippen molar-refractivity contribution in [3.63, 3.8) is 0 Å². The summed E-state index contributed by atoms with van der Waals surface area (Å²) in [5.41, 5.74) is 2.04. The predicted molar refractivity (Wildman–Crippen MR) is 47.8 cm³/mol.